The molecule has 0 fully saturated rings. The molecule has 0 saturated heterocycles. The van der Waals surface area contributed by atoms with Crippen LogP contribution in [0.25, 0.3) is 5.69 Å². The summed E-state index contributed by atoms with van der Waals surface area (Å²) in [5, 5.41) is 10.1. The van der Waals surface area contributed by atoms with Gasteiger partial charge in [-0.2, -0.15) is 10.2 Å². The van der Waals surface area contributed by atoms with Crippen LogP contribution in [0.15, 0.2) is 49.1 Å². The van der Waals surface area contributed by atoms with Crippen molar-refractivity contribution in [2.75, 3.05) is 5.32 Å². The molecule has 3 aromatic rings. The number of carbonyl (C=O) groups excluding carboxylic acids is 1. The maximum Gasteiger partial charge on any atom is 0.257 e. The van der Waals surface area contributed by atoms with E-state index in [-0.39, 0.29) is 16.9 Å². The van der Waals surface area contributed by atoms with E-state index in [9.17, 15) is 18.0 Å². The largest absolute Gasteiger partial charge is 0.319 e. The standard InChI is InChI=1S/C15H12F3N5O/c16-12-6-10(2-3-13(12)23-5-1-4-19-23)15(24)21-11-7-20-22(8-11)9-14(17)18/h1-8,14H,9H2,(H,21,24). The number of aromatic nitrogens is 4. The molecule has 2 aromatic heterocycles. The van der Waals surface area contributed by atoms with Crippen molar-refractivity contribution in [3.8, 4) is 5.69 Å². The first-order valence-electron chi connectivity index (χ1n) is 6.94. The Kier molecular flexibility index (Phi) is 4.32. The predicted octanol–water partition coefficient (Wildman–Crippen LogP) is 2.73. The van der Waals surface area contributed by atoms with Crippen molar-refractivity contribution < 1.29 is 18.0 Å². The first-order chi connectivity index (χ1) is 11.5. The fraction of sp³-hybridized carbons (Fsp3) is 0.133. The molecule has 0 aliphatic carbocycles. The van der Waals surface area contributed by atoms with Crippen LogP contribution in [-0.2, 0) is 6.54 Å². The van der Waals surface area contributed by atoms with Gasteiger partial charge in [-0.1, -0.05) is 0 Å². The van der Waals surface area contributed by atoms with Crippen molar-refractivity contribution in [2.45, 2.75) is 13.0 Å². The van der Waals surface area contributed by atoms with Crippen LogP contribution in [0.3, 0.4) is 0 Å². The van der Waals surface area contributed by atoms with Gasteiger partial charge in [0, 0.05) is 24.2 Å². The number of nitrogens with zero attached hydrogens (tertiary/aromatic N) is 4. The highest BCUT2D eigenvalue weighted by atomic mass is 19.3. The Morgan fingerprint density at radius 1 is 1.29 bits per heavy atom. The summed E-state index contributed by atoms with van der Waals surface area (Å²) in [4.78, 5) is 12.1. The van der Waals surface area contributed by atoms with E-state index >= 15 is 0 Å². The van der Waals surface area contributed by atoms with E-state index in [1.54, 1.807) is 12.3 Å². The highest BCUT2D eigenvalue weighted by Gasteiger charge is 2.13. The second-order valence-electron chi connectivity index (χ2n) is 4.91. The number of alkyl halides is 2. The lowest BCUT2D eigenvalue weighted by molar-refractivity contribution is 0.102. The number of nitrogens with one attached hydrogen (secondary N) is 1. The molecular formula is C15H12F3N5O. The molecule has 1 N–H and O–H groups in total. The first kappa shape index (κ1) is 15.8. The molecule has 6 nitrogen and oxygen atoms in total. The highest BCUT2D eigenvalue weighted by molar-refractivity contribution is 6.04. The third kappa shape index (κ3) is 3.45. The molecule has 1 amide bonds. The summed E-state index contributed by atoms with van der Waals surface area (Å²) in [5.41, 5.74) is 0.545. The Balaban J connectivity index is 1.73. The molecule has 0 aliphatic rings. The minimum atomic E-state index is -2.54. The number of carbonyl (C=O) groups is 1. The van der Waals surface area contributed by atoms with E-state index in [2.05, 4.69) is 15.5 Å². The van der Waals surface area contributed by atoms with Gasteiger partial charge in [0.1, 0.15) is 18.0 Å². The normalized spacial score (nSPS) is 11.0. The molecule has 0 unspecified atom stereocenters. The molecule has 24 heavy (non-hydrogen) atoms. The number of anilines is 1. The van der Waals surface area contributed by atoms with Crippen LogP contribution in [0.2, 0.25) is 0 Å². The van der Waals surface area contributed by atoms with E-state index in [0.717, 1.165) is 10.7 Å². The molecular weight excluding hydrogens is 323 g/mol. The average Bonchev–Trinajstić information content (AvgIpc) is 3.18. The number of hydrogen-bond donors (Lipinski definition) is 1. The zero-order valence-corrected chi connectivity index (χ0v) is 12.2. The van der Waals surface area contributed by atoms with Gasteiger partial charge in [-0.25, -0.2) is 17.9 Å². The summed E-state index contributed by atoms with van der Waals surface area (Å²) in [6, 6.07) is 5.60. The van der Waals surface area contributed by atoms with Crippen molar-refractivity contribution in [1.82, 2.24) is 19.6 Å². The number of amides is 1. The van der Waals surface area contributed by atoms with Crippen LogP contribution in [0.4, 0.5) is 18.9 Å². The van der Waals surface area contributed by atoms with Crippen molar-refractivity contribution in [3.63, 3.8) is 0 Å². The van der Waals surface area contributed by atoms with E-state index in [1.807, 2.05) is 0 Å². The molecule has 0 bridgehead atoms. The molecule has 0 aliphatic heterocycles. The molecule has 2 heterocycles. The number of benzene rings is 1. The van der Waals surface area contributed by atoms with Crippen molar-refractivity contribution in [1.29, 1.82) is 0 Å². The summed E-state index contributed by atoms with van der Waals surface area (Å²) in [7, 11) is 0. The maximum atomic E-state index is 14.1. The predicted molar refractivity (Wildman–Crippen MR) is 79.7 cm³/mol. The second kappa shape index (κ2) is 6.57. The summed E-state index contributed by atoms with van der Waals surface area (Å²) < 4.78 is 41.0. The first-order valence-corrected chi connectivity index (χ1v) is 6.94. The minimum absolute atomic E-state index is 0.0880. The Labute approximate surface area is 134 Å². The lowest BCUT2D eigenvalue weighted by Crippen LogP contribution is -2.12. The van der Waals surface area contributed by atoms with Gasteiger partial charge in [-0.05, 0) is 24.3 Å². The van der Waals surface area contributed by atoms with Gasteiger partial charge in [0.15, 0.2) is 0 Å². The quantitative estimate of drug-likeness (QED) is 0.780. The van der Waals surface area contributed by atoms with Gasteiger partial charge in [-0.15, -0.1) is 0 Å². The van der Waals surface area contributed by atoms with Gasteiger partial charge in [0.05, 0.1) is 11.9 Å². The van der Waals surface area contributed by atoms with Gasteiger partial charge in [-0.3, -0.25) is 9.48 Å². The third-order valence-electron chi connectivity index (χ3n) is 3.18. The summed E-state index contributed by atoms with van der Waals surface area (Å²) in [5.74, 6) is -1.18. The second-order valence-corrected chi connectivity index (χ2v) is 4.91. The smallest absolute Gasteiger partial charge is 0.257 e. The SMILES string of the molecule is O=C(Nc1cnn(CC(F)F)c1)c1ccc(-n2cccn2)c(F)c1. The molecule has 0 saturated carbocycles. The molecule has 1 aromatic carbocycles. The van der Waals surface area contributed by atoms with Crippen LogP contribution in [-0.4, -0.2) is 31.9 Å². The lowest BCUT2D eigenvalue weighted by atomic mass is 10.2. The zero-order valence-electron chi connectivity index (χ0n) is 12.2. The highest BCUT2D eigenvalue weighted by Crippen LogP contribution is 2.16. The number of rotatable bonds is 5. The fourth-order valence-corrected chi connectivity index (χ4v) is 2.12. The molecule has 0 atom stereocenters. The fourth-order valence-electron chi connectivity index (χ4n) is 2.12. The zero-order chi connectivity index (χ0) is 17.1. The van der Waals surface area contributed by atoms with Crippen LogP contribution in [0, 0.1) is 5.82 Å². The summed E-state index contributed by atoms with van der Waals surface area (Å²) >= 11 is 0. The molecule has 9 heteroatoms. The Bertz CT molecular complexity index is 845. The Morgan fingerprint density at radius 3 is 2.79 bits per heavy atom. The van der Waals surface area contributed by atoms with E-state index in [4.69, 9.17) is 0 Å². The van der Waals surface area contributed by atoms with Gasteiger partial charge >= 0.3 is 0 Å². The number of hydrogen-bond acceptors (Lipinski definition) is 3. The molecule has 0 radical (unpaired) electrons. The van der Waals surface area contributed by atoms with Gasteiger partial charge < -0.3 is 5.32 Å². The summed E-state index contributed by atoms with van der Waals surface area (Å²) in [6.45, 7) is -0.566. The Morgan fingerprint density at radius 2 is 2.12 bits per heavy atom. The van der Waals surface area contributed by atoms with Crippen LogP contribution >= 0.6 is 0 Å². The third-order valence-corrected chi connectivity index (χ3v) is 3.18. The lowest BCUT2D eigenvalue weighted by Gasteiger charge is -2.06. The van der Waals surface area contributed by atoms with Crippen LogP contribution in [0.1, 0.15) is 10.4 Å². The average molecular weight is 335 g/mol. The monoisotopic (exact) mass is 335 g/mol. The Hall–Kier alpha value is -3.10. The van der Waals surface area contributed by atoms with Gasteiger partial charge in [0.2, 0.25) is 0 Å². The van der Waals surface area contributed by atoms with Gasteiger partial charge in [0.25, 0.3) is 12.3 Å². The van der Waals surface area contributed by atoms with E-state index in [0.29, 0.717) is 0 Å². The van der Waals surface area contributed by atoms with Crippen molar-refractivity contribution >= 4 is 11.6 Å². The van der Waals surface area contributed by atoms with E-state index in [1.165, 1.54) is 35.4 Å². The minimum Gasteiger partial charge on any atom is -0.319 e. The molecule has 0 spiro atoms. The van der Waals surface area contributed by atoms with Crippen LogP contribution < -0.4 is 5.32 Å². The van der Waals surface area contributed by atoms with E-state index < -0.39 is 24.7 Å². The van der Waals surface area contributed by atoms with Crippen LogP contribution in [0.5, 0.6) is 0 Å². The van der Waals surface area contributed by atoms with Crippen molar-refractivity contribution in [3.05, 3.63) is 60.4 Å². The topological polar surface area (TPSA) is 64.7 Å². The molecule has 124 valence electrons. The van der Waals surface area contributed by atoms with Crippen molar-refractivity contribution in [2.24, 2.45) is 0 Å². The molecule has 3 rings (SSSR count). The maximum absolute atomic E-state index is 14.1. The number of halogens is 3. The summed E-state index contributed by atoms with van der Waals surface area (Å²) in [6.07, 6.45) is 3.07.